The minimum absolute atomic E-state index is 0.582. The molecule has 3 nitrogen and oxygen atoms in total. The quantitative estimate of drug-likeness (QED) is 0.160. The second-order valence-corrected chi connectivity index (χ2v) is 16.5. The molecular formula is C61H41NO2. The fourth-order valence-corrected chi connectivity index (χ4v) is 10.1. The predicted octanol–water partition coefficient (Wildman–Crippen LogP) is 15.9. The Morgan fingerprint density at radius 3 is 1.73 bits per heavy atom. The molecule has 0 amide bonds. The van der Waals surface area contributed by atoms with Gasteiger partial charge in [-0.2, -0.15) is 0 Å². The van der Waals surface area contributed by atoms with E-state index in [1.807, 2.05) is 18.2 Å². The van der Waals surface area contributed by atoms with Crippen LogP contribution in [0.1, 0.15) is 27.8 Å². The summed E-state index contributed by atoms with van der Waals surface area (Å²) in [7, 11) is 0. The van der Waals surface area contributed by atoms with Crippen molar-refractivity contribution >= 4 is 38.9 Å². The lowest BCUT2D eigenvalue weighted by Crippen LogP contribution is -2.28. The molecule has 0 bridgehead atoms. The highest BCUT2D eigenvalue weighted by atomic mass is 16.5. The van der Waals surface area contributed by atoms with Gasteiger partial charge in [0.1, 0.15) is 16.9 Å². The maximum absolute atomic E-state index is 7.52. The fourth-order valence-electron chi connectivity index (χ4n) is 10.1. The zero-order chi connectivity index (χ0) is 42.6. The number of benzene rings is 9. The minimum atomic E-state index is -0.582. The van der Waals surface area contributed by atoms with Gasteiger partial charge in [0.05, 0.1) is 5.41 Å². The summed E-state index contributed by atoms with van der Waals surface area (Å²) in [6.07, 6.45) is 6.19. The van der Waals surface area contributed by atoms with Gasteiger partial charge in [-0.25, -0.2) is 0 Å². The molecular weight excluding hydrogens is 779 g/mol. The molecule has 0 unspecified atom stereocenters. The summed E-state index contributed by atoms with van der Waals surface area (Å²) in [5.74, 6) is 1.44. The van der Waals surface area contributed by atoms with Crippen LogP contribution in [0.5, 0.6) is 5.75 Å². The molecule has 3 heteroatoms. The topological polar surface area (TPSA) is 25.6 Å². The highest BCUT2D eigenvalue weighted by molar-refractivity contribution is 6.09. The number of allylic oxidation sites excluding steroid dienone is 4. The molecule has 1 aliphatic heterocycles. The van der Waals surface area contributed by atoms with Gasteiger partial charge in [-0.3, -0.25) is 4.90 Å². The van der Waals surface area contributed by atoms with Gasteiger partial charge in [-0.15, -0.1) is 0 Å². The molecule has 0 atom stereocenters. The molecule has 1 aliphatic carbocycles. The molecule has 2 heterocycles. The normalized spacial score (nSPS) is 14.9. The summed E-state index contributed by atoms with van der Waals surface area (Å²) in [6, 6.07) is 77.6. The summed E-state index contributed by atoms with van der Waals surface area (Å²) >= 11 is 0. The van der Waals surface area contributed by atoms with E-state index in [1.165, 1.54) is 22.3 Å². The van der Waals surface area contributed by atoms with Gasteiger partial charge in [-0.1, -0.05) is 207 Å². The third-order valence-corrected chi connectivity index (χ3v) is 13.0. The van der Waals surface area contributed by atoms with Crippen molar-refractivity contribution in [3.63, 3.8) is 0 Å². The lowest BCUT2D eigenvalue weighted by Gasteiger charge is -2.34. The lowest BCUT2D eigenvalue weighted by atomic mass is 9.67. The third-order valence-electron chi connectivity index (χ3n) is 13.0. The molecule has 10 aromatic rings. The van der Waals surface area contributed by atoms with E-state index in [9.17, 15) is 0 Å². The van der Waals surface area contributed by atoms with Gasteiger partial charge in [0.2, 0.25) is 5.88 Å². The van der Waals surface area contributed by atoms with E-state index in [-0.39, 0.29) is 0 Å². The number of para-hydroxylation sites is 2. The Morgan fingerprint density at radius 1 is 0.438 bits per heavy atom. The van der Waals surface area contributed by atoms with Crippen LogP contribution in [0.15, 0.2) is 253 Å². The van der Waals surface area contributed by atoms with Crippen molar-refractivity contribution in [2.75, 3.05) is 4.90 Å². The van der Waals surface area contributed by atoms with Crippen LogP contribution in [0, 0.1) is 0 Å². The first-order valence-electron chi connectivity index (χ1n) is 21.8. The van der Waals surface area contributed by atoms with Crippen LogP contribution in [-0.4, -0.2) is 0 Å². The second-order valence-electron chi connectivity index (χ2n) is 16.5. The zero-order valence-corrected chi connectivity index (χ0v) is 35.0. The zero-order valence-electron chi connectivity index (χ0n) is 35.0. The van der Waals surface area contributed by atoms with E-state index in [4.69, 9.17) is 9.15 Å². The fraction of sp³-hybridized carbons (Fsp3) is 0.0164. The van der Waals surface area contributed by atoms with E-state index in [1.54, 1.807) is 0 Å². The standard InChI is InChI=1S/C61H41NO2/c1-41-17-15-30-57(64-60-49(41)39-40-55-58(60)53-25-11-13-28-54(53)61(55,45-20-7-3-8-21-45)46-22-9-4-10-23-46)62(47-35-31-43(32-36-47)42-18-5-2-6-19-42)48-37-33-44(34-38-48)50-26-16-27-52-51-24-12-14-29-56(51)63-59(50)52/h2-40H,1H2/b17-15-,57-30-. The third kappa shape index (κ3) is 5.90. The van der Waals surface area contributed by atoms with Gasteiger partial charge < -0.3 is 9.15 Å². The van der Waals surface area contributed by atoms with E-state index >= 15 is 0 Å². The summed E-state index contributed by atoms with van der Waals surface area (Å²) in [4.78, 5) is 2.21. The molecule has 2 aliphatic rings. The van der Waals surface area contributed by atoms with E-state index in [0.29, 0.717) is 5.88 Å². The maximum Gasteiger partial charge on any atom is 0.205 e. The summed E-state index contributed by atoms with van der Waals surface area (Å²) in [5.41, 5.74) is 16.3. The SMILES string of the molecule is C=C1/C=C\C=C(\N(c2ccc(-c3ccccc3)cc2)c2ccc(-c3cccc4c3oc3ccccc34)cc2)Oc2c1ccc1c2-c2ccccc2C1(c1ccccc1)c1ccccc1. The average Bonchev–Trinajstić information content (AvgIpc) is 3.89. The van der Waals surface area contributed by atoms with Gasteiger partial charge in [0.15, 0.2) is 0 Å². The Balaban J connectivity index is 1.04. The molecule has 0 saturated heterocycles. The van der Waals surface area contributed by atoms with Crippen LogP contribution >= 0.6 is 0 Å². The van der Waals surface area contributed by atoms with Crippen LogP contribution in [0.2, 0.25) is 0 Å². The first-order chi connectivity index (χ1) is 31.7. The van der Waals surface area contributed by atoms with Crippen molar-refractivity contribution in [1.29, 1.82) is 0 Å². The molecule has 0 spiro atoms. The lowest BCUT2D eigenvalue weighted by molar-refractivity contribution is 0.416. The molecule has 64 heavy (non-hydrogen) atoms. The summed E-state index contributed by atoms with van der Waals surface area (Å²) < 4.78 is 14.0. The smallest absolute Gasteiger partial charge is 0.205 e. The highest BCUT2D eigenvalue weighted by Gasteiger charge is 2.48. The predicted molar refractivity (Wildman–Crippen MR) is 264 cm³/mol. The molecule has 302 valence electrons. The number of nitrogens with zero attached hydrogens (tertiary/aromatic N) is 1. The molecule has 9 aromatic carbocycles. The monoisotopic (exact) mass is 819 g/mol. The number of hydrogen-bond acceptors (Lipinski definition) is 3. The van der Waals surface area contributed by atoms with Crippen LogP contribution in [0.25, 0.3) is 60.9 Å². The van der Waals surface area contributed by atoms with E-state index in [2.05, 4.69) is 230 Å². The van der Waals surface area contributed by atoms with Gasteiger partial charge >= 0.3 is 0 Å². The van der Waals surface area contributed by atoms with Gasteiger partial charge in [0, 0.05) is 38.8 Å². The Morgan fingerprint density at radius 2 is 1.02 bits per heavy atom. The van der Waals surface area contributed by atoms with Crippen molar-refractivity contribution in [1.82, 2.24) is 0 Å². The van der Waals surface area contributed by atoms with Crippen LogP contribution in [-0.2, 0) is 5.41 Å². The molecule has 0 N–H and O–H groups in total. The Kier molecular flexibility index (Phi) is 8.87. The van der Waals surface area contributed by atoms with Gasteiger partial charge in [0.25, 0.3) is 0 Å². The summed E-state index contributed by atoms with van der Waals surface area (Å²) in [5, 5.41) is 2.22. The molecule has 12 rings (SSSR count). The maximum atomic E-state index is 7.52. The first-order valence-corrected chi connectivity index (χ1v) is 21.8. The van der Waals surface area contributed by atoms with Crippen molar-refractivity contribution in [3.05, 3.63) is 277 Å². The summed E-state index contributed by atoms with van der Waals surface area (Å²) in [6.45, 7) is 4.57. The number of ether oxygens (including phenoxy) is 1. The highest BCUT2D eigenvalue weighted by Crippen LogP contribution is 2.60. The van der Waals surface area contributed by atoms with Crippen LogP contribution in [0.4, 0.5) is 11.4 Å². The van der Waals surface area contributed by atoms with Crippen molar-refractivity contribution < 1.29 is 9.15 Å². The number of fused-ring (bicyclic) bond motifs is 8. The largest absolute Gasteiger partial charge is 0.455 e. The van der Waals surface area contributed by atoms with Crippen molar-refractivity contribution in [2.24, 2.45) is 0 Å². The number of furan rings is 1. The average molecular weight is 820 g/mol. The van der Waals surface area contributed by atoms with Crippen LogP contribution < -0.4 is 9.64 Å². The van der Waals surface area contributed by atoms with Crippen molar-refractivity contribution in [3.8, 4) is 39.1 Å². The van der Waals surface area contributed by atoms with Gasteiger partial charge in [-0.05, 0) is 86.5 Å². The number of anilines is 2. The second kappa shape index (κ2) is 15.2. The Labute approximate surface area is 372 Å². The molecule has 0 fully saturated rings. The first kappa shape index (κ1) is 37.4. The minimum Gasteiger partial charge on any atom is -0.455 e. The number of hydrogen-bond donors (Lipinski definition) is 0. The van der Waals surface area contributed by atoms with Crippen molar-refractivity contribution in [2.45, 2.75) is 5.41 Å². The Bertz CT molecular complexity index is 3410. The molecule has 0 radical (unpaired) electrons. The molecule has 1 aromatic heterocycles. The van der Waals surface area contributed by atoms with Crippen LogP contribution in [0.3, 0.4) is 0 Å². The Hall–Kier alpha value is -8.40. The van der Waals surface area contributed by atoms with E-state index in [0.717, 1.165) is 83.6 Å². The number of rotatable bonds is 7. The van der Waals surface area contributed by atoms with E-state index < -0.39 is 5.41 Å². The molecule has 0 saturated carbocycles.